The van der Waals surface area contributed by atoms with Crippen LogP contribution in [0, 0.1) is 13.8 Å². The molecule has 2 rings (SSSR count). The van der Waals surface area contributed by atoms with Gasteiger partial charge in [0.15, 0.2) is 0 Å². The van der Waals surface area contributed by atoms with Crippen molar-refractivity contribution in [1.29, 1.82) is 0 Å². The van der Waals surface area contributed by atoms with Crippen LogP contribution in [0.1, 0.15) is 36.1 Å². The van der Waals surface area contributed by atoms with Gasteiger partial charge in [-0.3, -0.25) is 4.79 Å². The van der Waals surface area contributed by atoms with E-state index in [1.54, 1.807) is 18.2 Å². The Morgan fingerprint density at radius 3 is 2.35 bits per heavy atom. The minimum absolute atomic E-state index is 0.143. The van der Waals surface area contributed by atoms with E-state index in [1.165, 1.54) is 24.7 Å². The Morgan fingerprint density at radius 2 is 1.77 bits per heavy atom. The Morgan fingerprint density at radius 1 is 1.12 bits per heavy atom. The van der Waals surface area contributed by atoms with E-state index in [0.29, 0.717) is 0 Å². The Labute approximate surface area is 156 Å². The molecule has 0 radical (unpaired) electrons. The number of aryl methyl sites for hydroxylation is 2. The number of hydrogen-bond acceptors (Lipinski definition) is 3. The van der Waals surface area contributed by atoms with Crippen LogP contribution in [-0.2, 0) is 14.8 Å². The van der Waals surface area contributed by atoms with E-state index in [0.717, 1.165) is 21.9 Å². The maximum absolute atomic E-state index is 12.5. The van der Waals surface area contributed by atoms with Gasteiger partial charge >= 0.3 is 0 Å². The van der Waals surface area contributed by atoms with Crippen molar-refractivity contribution < 1.29 is 13.2 Å². The normalized spacial score (nSPS) is 12.8. The molecule has 5 nitrogen and oxygen atoms in total. The van der Waals surface area contributed by atoms with E-state index < -0.39 is 10.0 Å². The first-order valence-electron chi connectivity index (χ1n) is 8.63. The van der Waals surface area contributed by atoms with Crippen LogP contribution >= 0.6 is 0 Å². The number of likely N-dealkylation sites (N-methyl/N-ethyl adjacent to an activating group) is 1. The third-order valence-corrected chi connectivity index (χ3v) is 6.18. The molecule has 0 saturated heterocycles. The summed E-state index contributed by atoms with van der Waals surface area (Å²) in [6, 6.07) is 14.1. The third kappa shape index (κ3) is 4.71. The van der Waals surface area contributed by atoms with Gasteiger partial charge in [0.05, 0.1) is 17.5 Å². The summed E-state index contributed by atoms with van der Waals surface area (Å²) >= 11 is 0. The Kier molecular flexibility index (Phi) is 6.56. The average Bonchev–Trinajstić information content (AvgIpc) is 2.60. The second-order valence-electron chi connectivity index (χ2n) is 6.46. The fourth-order valence-electron chi connectivity index (χ4n) is 2.92. The second-order valence-corrected chi connectivity index (χ2v) is 8.51. The Bertz CT molecular complexity index is 864. The molecule has 140 valence electrons. The van der Waals surface area contributed by atoms with Gasteiger partial charge < -0.3 is 5.32 Å². The molecule has 26 heavy (non-hydrogen) atoms. The molecule has 0 fully saturated rings. The summed E-state index contributed by atoms with van der Waals surface area (Å²) in [7, 11) is -2.27. The fraction of sp³-hybridized carbons (Fsp3) is 0.350. The largest absolute Gasteiger partial charge is 0.348 e. The summed E-state index contributed by atoms with van der Waals surface area (Å²) in [5.41, 5.74) is 3.34. The molecular weight excluding hydrogens is 348 g/mol. The number of carbonyl (C=O) groups is 1. The van der Waals surface area contributed by atoms with Gasteiger partial charge in [-0.1, -0.05) is 48.9 Å². The number of carbonyl (C=O) groups excluding carboxylic acids is 1. The first kappa shape index (κ1) is 20.1. The zero-order valence-corrected chi connectivity index (χ0v) is 16.5. The molecule has 0 aliphatic rings. The van der Waals surface area contributed by atoms with E-state index in [4.69, 9.17) is 0 Å². The molecule has 1 unspecified atom stereocenters. The zero-order chi connectivity index (χ0) is 19.3. The second kappa shape index (κ2) is 8.47. The first-order chi connectivity index (χ1) is 12.3. The highest BCUT2D eigenvalue weighted by Crippen LogP contribution is 2.22. The minimum Gasteiger partial charge on any atom is -0.348 e. The van der Waals surface area contributed by atoms with E-state index in [2.05, 4.69) is 11.4 Å². The van der Waals surface area contributed by atoms with E-state index >= 15 is 0 Å². The summed E-state index contributed by atoms with van der Waals surface area (Å²) in [6.45, 7) is 5.82. The van der Waals surface area contributed by atoms with Gasteiger partial charge in [0.25, 0.3) is 0 Å². The fourth-order valence-corrected chi connectivity index (χ4v) is 4.06. The number of rotatable bonds is 7. The average molecular weight is 375 g/mol. The van der Waals surface area contributed by atoms with Crippen LogP contribution in [0.25, 0.3) is 0 Å². The van der Waals surface area contributed by atoms with Crippen LogP contribution in [0.4, 0.5) is 0 Å². The molecule has 0 spiro atoms. The number of nitrogens with zero attached hydrogens (tertiary/aromatic N) is 1. The predicted molar refractivity (Wildman–Crippen MR) is 103 cm³/mol. The van der Waals surface area contributed by atoms with Crippen molar-refractivity contribution in [3.63, 3.8) is 0 Å². The van der Waals surface area contributed by atoms with Crippen molar-refractivity contribution in [1.82, 2.24) is 9.62 Å². The monoisotopic (exact) mass is 374 g/mol. The summed E-state index contributed by atoms with van der Waals surface area (Å²) < 4.78 is 26.1. The maximum atomic E-state index is 12.5. The van der Waals surface area contributed by atoms with Gasteiger partial charge in [0, 0.05) is 7.05 Å². The van der Waals surface area contributed by atoms with Gasteiger partial charge in [-0.15, -0.1) is 0 Å². The number of nitrogens with one attached hydrogen (secondary N) is 1. The first-order valence-corrected chi connectivity index (χ1v) is 10.1. The van der Waals surface area contributed by atoms with E-state index in [-0.39, 0.29) is 23.4 Å². The SMILES string of the molecule is CCC(NC(=O)CN(C)S(=O)(=O)c1ccccc1)c1ccc(C)cc1C. The Balaban J connectivity index is 2.09. The lowest BCUT2D eigenvalue weighted by Crippen LogP contribution is -2.39. The minimum atomic E-state index is -3.68. The smallest absolute Gasteiger partial charge is 0.243 e. The van der Waals surface area contributed by atoms with Crippen molar-refractivity contribution in [2.24, 2.45) is 0 Å². The predicted octanol–water partition coefficient (Wildman–Crippen LogP) is 3.19. The van der Waals surface area contributed by atoms with Crippen molar-refractivity contribution in [2.45, 2.75) is 38.1 Å². The van der Waals surface area contributed by atoms with Gasteiger partial charge in [0.2, 0.25) is 15.9 Å². The summed E-state index contributed by atoms with van der Waals surface area (Å²) in [4.78, 5) is 12.6. The van der Waals surface area contributed by atoms with Crippen LogP contribution in [0.15, 0.2) is 53.4 Å². The molecule has 0 saturated carbocycles. The molecule has 1 amide bonds. The number of amides is 1. The summed E-state index contributed by atoms with van der Waals surface area (Å²) in [5.74, 6) is -0.321. The molecule has 0 bridgehead atoms. The van der Waals surface area contributed by atoms with Gasteiger partial charge in [-0.25, -0.2) is 8.42 Å². The van der Waals surface area contributed by atoms with E-state index in [9.17, 15) is 13.2 Å². The van der Waals surface area contributed by atoms with Crippen LogP contribution in [-0.4, -0.2) is 32.2 Å². The molecule has 2 aromatic rings. The standard InChI is InChI=1S/C20H26N2O3S/c1-5-19(18-12-11-15(2)13-16(18)3)21-20(23)14-22(4)26(24,25)17-9-7-6-8-10-17/h6-13,19H,5,14H2,1-4H3,(H,21,23). The third-order valence-electron chi connectivity index (χ3n) is 4.36. The van der Waals surface area contributed by atoms with E-state index in [1.807, 2.05) is 32.9 Å². The molecule has 1 atom stereocenters. The van der Waals surface area contributed by atoms with Gasteiger partial charge in [-0.2, -0.15) is 4.31 Å². The summed E-state index contributed by atoms with van der Waals surface area (Å²) in [5, 5.41) is 2.95. The lowest BCUT2D eigenvalue weighted by molar-refractivity contribution is -0.121. The molecule has 0 heterocycles. The maximum Gasteiger partial charge on any atom is 0.243 e. The molecular formula is C20H26N2O3S. The molecule has 1 N–H and O–H groups in total. The molecule has 0 aliphatic heterocycles. The molecule has 0 aliphatic carbocycles. The topological polar surface area (TPSA) is 66.5 Å². The highest BCUT2D eigenvalue weighted by molar-refractivity contribution is 7.89. The highest BCUT2D eigenvalue weighted by Gasteiger charge is 2.24. The molecule has 6 heteroatoms. The molecule has 0 aromatic heterocycles. The molecule has 2 aromatic carbocycles. The number of hydrogen-bond donors (Lipinski definition) is 1. The van der Waals surface area contributed by atoms with Crippen LogP contribution < -0.4 is 5.32 Å². The lowest BCUT2D eigenvalue weighted by Gasteiger charge is -2.22. The summed E-state index contributed by atoms with van der Waals surface area (Å²) in [6.07, 6.45) is 0.727. The Hall–Kier alpha value is -2.18. The van der Waals surface area contributed by atoms with Crippen LogP contribution in [0.2, 0.25) is 0 Å². The van der Waals surface area contributed by atoms with Crippen molar-refractivity contribution in [2.75, 3.05) is 13.6 Å². The van der Waals surface area contributed by atoms with Crippen molar-refractivity contribution in [3.05, 3.63) is 65.2 Å². The number of benzene rings is 2. The quantitative estimate of drug-likeness (QED) is 0.809. The zero-order valence-electron chi connectivity index (χ0n) is 15.7. The number of sulfonamides is 1. The van der Waals surface area contributed by atoms with Gasteiger partial charge in [0.1, 0.15) is 0 Å². The van der Waals surface area contributed by atoms with Crippen molar-refractivity contribution in [3.8, 4) is 0 Å². The van der Waals surface area contributed by atoms with Crippen LogP contribution in [0.3, 0.4) is 0 Å². The van der Waals surface area contributed by atoms with Gasteiger partial charge in [-0.05, 0) is 43.5 Å². The highest BCUT2D eigenvalue weighted by atomic mass is 32.2. The van der Waals surface area contributed by atoms with Crippen LogP contribution in [0.5, 0.6) is 0 Å². The lowest BCUT2D eigenvalue weighted by atomic mass is 9.97. The van der Waals surface area contributed by atoms with Crippen molar-refractivity contribution >= 4 is 15.9 Å².